The number of aliphatic hydroxyl groups is 1. The van der Waals surface area contributed by atoms with Crippen LogP contribution in [0.1, 0.15) is 114 Å². The van der Waals surface area contributed by atoms with Crippen molar-refractivity contribution in [2.45, 2.75) is 111 Å². The number of phenols is 1. The highest BCUT2D eigenvalue weighted by atomic mass is 16.5. The second kappa shape index (κ2) is 13.0. The summed E-state index contributed by atoms with van der Waals surface area (Å²) < 4.78 is 6.94. The van der Waals surface area contributed by atoms with Crippen molar-refractivity contribution in [3.63, 3.8) is 0 Å². The number of fused-ring (bicyclic) bond motifs is 3. The molecular weight excluding hydrogens is 484 g/mol. The van der Waals surface area contributed by atoms with Crippen molar-refractivity contribution in [3.05, 3.63) is 58.7 Å². The zero-order chi connectivity index (χ0) is 28.2. The standard InChI is InChI=1S/C35H50O4/c1-6-28-18-31-30(19-32(28)37)29(22-36)10-8-9-23(3)15-24(4)11-12-26-16-27(17-33(31)38)21-35(20-26)14-13-25(5)34(7-2)39-35/h8-11,18-19,23,25-27,34,36-37H,6-7,12-17,20-22H2,1-5H3/b9-8+,24-11+,29-10-/t23-,25+,26+,27-,34+,35-/m0/s1. The highest BCUT2D eigenvalue weighted by molar-refractivity contribution is 6.01. The molecule has 2 fully saturated rings. The van der Waals surface area contributed by atoms with E-state index in [4.69, 9.17) is 4.74 Å². The van der Waals surface area contributed by atoms with Gasteiger partial charge < -0.3 is 14.9 Å². The highest BCUT2D eigenvalue weighted by Crippen LogP contribution is 2.49. The predicted molar refractivity (Wildman–Crippen MR) is 160 cm³/mol. The van der Waals surface area contributed by atoms with Crippen LogP contribution in [0.15, 0.2) is 42.0 Å². The minimum Gasteiger partial charge on any atom is -0.508 e. The smallest absolute Gasteiger partial charge is 0.163 e. The average Bonchev–Trinajstić information content (AvgIpc) is 2.90. The highest BCUT2D eigenvalue weighted by Gasteiger charge is 2.46. The molecule has 1 aromatic carbocycles. The Labute approximate surface area is 236 Å². The van der Waals surface area contributed by atoms with E-state index in [1.807, 2.05) is 25.1 Å². The van der Waals surface area contributed by atoms with Crippen molar-refractivity contribution in [2.75, 3.05) is 6.61 Å². The van der Waals surface area contributed by atoms with Gasteiger partial charge in [0, 0.05) is 12.0 Å². The van der Waals surface area contributed by atoms with E-state index in [1.165, 1.54) is 12.0 Å². The number of allylic oxidation sites excluding steroid dienone is 5. The third-order valence-electron chi connectivity index (χ3n) is 9.55. The Morgan fingerprint density at radius 2 is 1.85 bits per heavy atom. The van der Waals surface area contributed by atoms with Crippen LogP contribution in [0.25, 0.3) is 5.57 Å². The topological polar surface area (TPSA) is 66.8 Å². The molecule has 2 bridgehead atoms. The van der Waals surface area contributed by atoms with E-state index in [9.17, 15) is 15.0 Å². The second-order valence-corrected chi connectivity index (χ2v) is 12.8. The summed E-state index contributed by atoms with van der Waals surface area (Å²) in [6, 6.07) is 3.55. The first-order valence-corrected chi connectivity index (χ1v) is 15.4. The molecule has 0 radical (unpaired) electrons. The van der Waals surface area contributed by atoms with Crippen LogP contribution in [0.2, 0.25) is 0 Å². The van der Waals surface area contributed by atoms with Gasteiger partial charge >= 0.3 is 0 Å². The van der Waals surface area contributed by atoms with E-state index in [0.29, 0.717) is 53.4 Å². The lowest BCUT2D eigenvalue weighted by atomic mass is 9.66. The van der Waals surface area contributed by atoms with Crippen molar-refractivity contribution in [3.8, 4) is 5.75 Å². The summed E-state index contributed by atoms with van der Waals surface area (Å²) in [6.07, 6.45) is 18.3. The Morgan fingerprint density at radius 1 is 1.08 bits per heavy atom. The van der Waals surface area contributed by atoms with Crippen LogP contribution in [-0.2, 0) is 11.2 Å². The van der Waals surface area contributed by atoms with Crippen LogP contribution < -0.4 is 0 Å². The van der Waals surface area contributed by atoms with Crippen molar-refractivity contribution < 1.29 is 19.7 Å². The van der Waals surface area contributed by atoms with Crippen LogP contribution in [0.4, 0.5) is 0 Å². The number of hydrogen-bond donors (Lipinski definition) is 2. The van der Waals surface area contributed by atoms with E-state index in [0.717, 1.165) is 50.5 Å². The van der Waals surface area contributed by atoms with Gasteiger partial charge in [0.05, 0.1) is 18.3 Å². The lowest BCUT2D eigenvalue weighted by molar-refractivity contribution is -0.181. The Balaban J connectivity index is 1.75. The van der Waals surface area contributed by atoms with Gasteiger partial charge in [-0.25, -0.2) is 0 Å². The fourth-order valence-electron chi connectivity index (χ4n) is 7.47. The number of rotatable bonds is 3. The summed E-state index contributed by atoms with van der Waals surface area (Å²) >= 11 is 0. The zero-order valence-electron chi connectivity index (χ0n) is 24.8. The van der Waals surface area contributed by atoms with Gasteiger partial charge in [-0.2, -0.15) is 0 Å². The Bertz CT molecular complexity index is 1110. The summed E-state index contributed by atoms with van der Waals surface area (Å²) in [5.41, 5.74) is 3.97. The summed E-state index contributed by atoms with van der Waals surface area (Å²) in [7, 11) is 0. The number of aliphatic hydroxyl groups excluding tert-OH is 1. The van der Waals surface area contributed by atoms with Gasteiger partial charge in [0.25, 0.3) is 0 Å². The van der Waals surface area contributed by atoms with Gasteiger partial charge in [0.15, 0.2) is 5.78 Å². The number of aromatic hydroxyl groups is 1. The van der Waals surface area contributed by atoms with Crippen molar-refractivity contribution in [1.29, 1.82) is 0 Å². The molecule has 1 saturated heterocycles. The van der Waals surface area contributed by atoms with Gasteiger partial charge in [-0.1, -0.05) is 57.6 Å². The fraction of sp³-hybridized carbons (Fsp3) is 0.629. The summed E-state index contributed by atoms with van der Waals surface area (Å²) in [6.45, 7) is 10.8. The molecule has 1 spiro atoms. The summed E-state index contributed by atoms with van der Waals surface area (Å²) in [4.78, 5) is 14.0. The number of ketones is 1. The monoisotopic (exact) mass is 534 g/mol. The summed E-state index contributed by atoms with van der Waals surface area (Å²) in [5, 5.41) is 21.0. The first kappa shape index (κ1) is 29.8. The number of carbonyl (C=O) groups excluding carboxylic acids is 1. The first-order valence-electron chi connectivity index (χ1n) is 15.4. The number of benzene rings is 1. The van der Waals surface area contributed by atoms with Gasteiger partial charge in [-0.05, 0) is 117 Å². The molecular formula is C35H50O4. The molecule has 3 aliphatic rings. The van der Waals surface area contributed by atoms with Crippen LogP contribution in [-0.4, -0.2) is 34.3 Å². The molecule has 4 nitrogen and oxygen atoms in total. The fourth-order valence-corrected chi connectivity index (χ4v) is 7.47. The number of hydrogen-bond acceptors (Lipinski definition) is 4. The van der Waals surface area contributed by atoms with Gasteiger partial charge in [0.2, 0.25) is 0 Å². The Hall–Kier alpha value is -2.17. The molecule has 4 rings (SSSR count). The Morgan fingerprint density at radius 3 is 2.56 bits per heavy atom. The maximum absolute atomic E-state index is 14.0. The SMILES string of the molecule is CCc1cc2c(cc1O)/C(CO)=C\C=C\[C@H](C)C/C(C)=C/C[C@@H]1C[C@@H](CC2=O)C[C@]2(CC[C@@H](C)[C@@H](CC)O2)C1. The molecule has 6 atom stereocenters. The minimum atomic E-state index is -0.193. The molecule has 4 heteroatoms. The van der Waals surface area contributed by atoms with Crippen LogP contribution >= 0.6 is 0 Å². The number of ether oxygens (including phenoxy) is 1. The number of Topliss-reactive ketones (excluding diaryl/α,β-unsaturated/α-hetero) is 1. The Kier molecular flexibility index (Phi) is 9.93. The van der Waals surface area contributed by atoms with Crippen LogP contribution in [0, 0.1) is 23.7 Å². The number of aryl methyl sites for hydroxylation is 1. The lowest BCUT2D eigenvalue weighted by Gasteiger charge is -2.50. The summed E-state index contributed by atoms with van der Waals surface area (Å²) in [5.74, 6) is 2.00. The zero-order valence-corrected chi connectivity index (χ0v) is 24.8. The predicted octanol–water partition coefficient (Wildman–Crippen LogP) is 8.22. The second-order valence-electron chi connectivity index (χ2n) is 12.8. The van der Waals surface area contributed by atoms with Crippen LogP contribution in [0.3, 0.4) is 0 Å². The minimum absolute atomic E-state index is 0.104. The average molecular weight is 535 g/mol. The maximum Gasteiger partial charge on any atom is 0.163 e. The van der Waals surface area contributed by atoms with Crippen molar-refractivity contribution >= 4 is 11.4 Å². The van der Waals surface area contributed by atoms with Crippen LogP contribution in [0.5, 0.6) is 5.75 Å². The largest absolute Gasteiger partial charge is 0.508 e. The molecule has 0 aromatic heterocycles. The lowest BCUT2D eigenvalue weighted by Crippen LogP contribution is -2.49. The van der Waals surface area contributed by atoms with E-state index in [1.54, 1.807) is 6.07 Å². The molecule has 1 saturated carbocycles. The van der Waals surface area contributed by atoms with E-state index < -0.39 is 0 Å². The molecule has 0 amide bonds. The van der Waals surface area contributed by atoms with Crippen molar-refractivity contribution in [1.82, 2.24) is 0 Å². The third-order valence-corrected chi connectivity index (χ3v) is 9.55. The first-order chi connectivity index (χ1) is 18.7. The molecule has 39 heavy (non-hydrogen) atoms. The molecule has 214 valence electrons. The molecule has 2 N–H and O–H groups in total. The van der Waals surface area contributed by atoms with E-state index in [2.05, 4.69) is 39.8 Å². The van der Waals surface area contributed by atoms with Crippen molar-refractivity contribution in [2.24, 2.45) is 23.7 Å². The molecule has 1 aromatic rings. The number of carbonyl (C=O) groups is 1. The normalized spacial score (nSPS) is 35.9. The van der Waals surface area contributed by atoms with Gasteiger partial charge in [-0.3, -0.25) is 4.79 Å². The molecule has 1 heterocycles. The van der Waals surface area contributed by atoms with E-state index in [-0.39, 0.29) is 29.7 Å². The molecule has 1 aliphatic heterocycles. The quantitative estimate of drug-likeness (QED) is 0.383. The molecule has 2 aliphatic carbocycles. The maximum atomic E-state index is 14.0. The van der Waals surface area contributed by atoms with E-state index >= 15 is 0 Å². The van der Waals surface area contributed by atoms with Gasteiger partial charge in [-0.15, -0.1) is 0 Å². The number of phenolic OH excluding ortho intramolecular Hbond substituents is 1. The third kappa shape index (κ3) is 7.13. The van der Waals surface area contributed by atoms with Gasteiger partial charge in [0.1, 0.15) is 5.75 Å². The molecule has 0 unspecified atom stereocenters.